The Morgan fingerprint density at radius 2 is 0.955 bits per heavy atom. The van der Waals surface area contributed by atoms with Gasteiger partial charge in [0.1, 0.15) is 12.7 Å². The van der Waals surface area contributed by atoms with Gasteiger partial charge < -0.3 is 28.8 Å². The molecule has 10 heteroatoms. The average molecular weight is 597 g/mol. The van der Waals surface area contributed by atoms with Gasteiger partial charge in [-0.15, -0.1) is 0 Å². The zero-order valence-corrected chi connectivity index (χ0v) is 23.3. The molecule has 0 saturated carbocycles. The van der Waals surface area contributed by atoms with Crippen LogP contribution in [0.5, 0.6) is 0 Å². The average Bonchev–Trinajstić information content (AvgIpc) is 3.37. The van der Waals surface area contributed by atoms with Crippen LogP contribution in [-0.4, -0.2) is 66.3 Å². The van der Waals surface area contributed by atoms with Crippen molar-refractivity contribution in [3.05, 3.63) is 144 Å². The predicted molar refractivity (Wildman–Crippen MR) is 155 cm³/mol. The fourth-order valence-electron chi connectivity index (χ4n) is 4.55. The molecular formula is C34H28O10. The summed E-state index contributed by atoms with van der Waals surface area (Å²) in [6, 6.07) is 32.2. The van der Waals surface area contributed by atoms with Gasteiger partial charge in [0, 0.05) is 0 Å². The third kappa shape index (κ3) is 7.35. The van der Waals surface area contributed by atoms with Crippen molar-refractivity contribution in [1.29, 1.82) is 0 Å². The Kier molecular flexibility index (Phi) is 9.75. The highest BCUT2D eigenvalue weighted by molar-refractivity contribution is 5.91. The van der Waals surface area contributed by atoms with E-state index in [0.29, 0.717) is 0 Å². The lowest BCUT2D eigenvalue weighted by Crippen LogP contribution is -2.47. The van der Waals surface area contributed by atoms with Crippen LogP contribution in [0.15, 0.2) is 121 Å². The van der Waals surface area contributed by atoms with Gasteiger partial charge in [0.25, 0.3) is 0 Å². The summed E-state index contributed by atoms with van der Waals surface area (Å²) in [5, 5.41) is 10.9. The van der Waals surface area contributed by atoms with Crippen molar-refractivity contribution >= 4 is 23.9 Å². The minimum Gasteiger partial charge on any atom is -0.458 e. The first-order valence-corrected chi connectivity index (χ1v) is 13.7. The Hall–Kier alpha value is -5.32. The molecule has 0 amide bonds. The molecule has 0 radical (unpaired) electrons. The molecule has 44 heavy (non-hydrogen) atoms. The van der Waals surface area contributed by atoms with E-state index in [2.05, 4.69) is 0 Å². The lowest BCUT2D eigenvalue weighted by Gasteiger charge is -2.28. The van der Waals surface area contributed by atoms with E-state index in [0.717, 1.165) is 0 Å². The Labute approximate surface area is 252 Å². The van der Waals surface area contributed by atoms with Gasteiger partial charge in [-0.3, -0.25) is 0 Å². The normalized spacial score (nSPS) is 19.8. The number of aliphatic hydroxyl groups excluding tert-OH is 1. The van der Waals surface area contributed by atoms with Gasteiger partial charge in [-0.1, -0.05) is 72.8 Å². The molecule has 1 unspecified atom stereocenters. The summed E-state index contributed by atoms with van der Waals surface area (Å²) in [5.41, 5.74) is 0.791. The predicted octanol–water partition coefficient (Wildman–Crippen LogP) is 4.24. The maximum absolute atomic E-state index is 13.2. The molecule has 1 N–H and O–H groups in total. The Morgan fingerprint density at radius 3 is 1.41 bits per heavy atom. The first kappa shape index (κ1) is 30.1. The summed E-state index contributed by atoms with van der Waals surface area (Å²) >= 11 is 0. The van der Waals surface area contributed by atoms with E-state index >= 15 is 0 Å². The molecule has 0 spiro atoms. The second-order valence-electron chi connectivity index (χ2n) is 9.74. The smallest absolute Gasteiger partial charge is 0.338 e. The van der Waals surface area contributed by atoms with Gasteiger partial charge in [-0.25, -0.2) is 19.2 Å². The molecule has 224 valence electrons. The zero-order valence-electron chi connectivity index (χ0n) is 23.3. The van der Waals surface area contributed by atoms with Crippen molar-refractivity contribution in [2.75, 3.05) is 6.61 Å². The topological polar surface area (TPSA) is 135 Å². The van der Waals surface area contributed by atoms with Gasteiger partial charge in [0.2, 0.25) is 0 Å². The van der Waals surface area contributed by atoms with Gasteiger partial charge in [-0.05, 0) is 48.5 Å². The third-order valence-electron chi connectivity index (χ3n) is 6.75. The summed E-state index contributed by atoms with van der Waals surface area (Å²) < 4.78 is 28.3. The van der Waals surface area contributed by atoms with Crippen LogP contribution in [0.3, 0.4) is 0 Å². The first-order valence-electron chi connectivity index (χ1n) is 13.7. The maximum atomic E-state index is 13.2. The number of aliphatic hydroxyl groups is 1. The minimum atomic E-state index is -1.79. The first-order chi connectivity index (χ1) is 21.4. The molecule has 0 aliphatic carbocycles. The van der Waals surface area contributed by atoms with Crippen molar-refractivity contribution in [1.82, 2.24) is 0 Å². The van der Waals surface area contributed by atoms with E-state index < -0.39 is 61.2 Å². The van der Waals surface area contributed by atoms with Crippen LogP contribution in [0.2, 0.25) is 0 Å². The second kappa shape index (κ2) is 14.2. The van der Waals surface area contributed by atoms with Crippen LogP contribution in [-0.2, 0) is 23.7 Å². The Balaban J connectivity index is 1.45. The van der Waals surface area contributed by atoms with E-state index in [-0.39, 0.29) is 22.3 Å². The van der Waals surface area contributed by atoms with Crippen LogP contribution in [0.25, 0.3) is 0 Å². The summed E-state index contributed by atoms with van der Waals surface area (Å²) in [6.07, 6.45) is -7.61. The summed E-state index contributed by atoms with van der Waals surface area (Å²) in [7, 11) is 0. The van der Waals surface area contributed by atoms with Crippen molar-refractivity contribution in [2.45, 2.75) is 30.7 Å². The zero-order chi connectivity index (χ0) is 30.9. The van der Waals surface area contributed by atoms with Crippen molar-refractivity contribution in [2.24, 2.45) is 0 Å². The quantitative estimate of drug-likeness (QED) is 0.209. The fourth-order valence-corrected chi connectivity index (χ4v) is 4.55. The van der Waals surface area contributed by atoms with E-state index in [1.165, 1.54) is 36.4 Å². The highest BCUT2D eigenvalue weighted by Gasteiger charge is 2.53. The Bertz CT molecular complexity index is 1560. The fraction of sp³-hybridized carbons (Fsp3) is 0.176. The van der Waals surface area contributed by atoms with Gasteiger partial charge in [0.05, 0.1) is 22.3 Å². The number of rotatable bonds is 10. The molecule has 5 rings (SSSR count). The summed E-state index contributed by atoms with van der Waals surface area (Å²) in [5.74, 6) is -3.13. The van der Waals surface area contributed by atoms with Crippen LogP contribution < -0.4 is 0 Å². The monoisotopic (exact) mass is 596 g/mol. The largest absolute Gasteiger partial charge is 0.458 e. The summed E-state index contributed by atoms with van der Waals surface area (Å²) in [6.45, 7) is -0.539. The molecular weight excluding hydrogens is 568 g/mol. The van der Waals surface area contributed by atoms with Crippen LogP contribution >= 0.6 is 0 Å². The van der Waals surface area contributed by atoms with Gasteiger partial charge >= 0.3 is 23.9 Å². The van der Waals surface area contributed by atoms with E-state index in [9.17, 15) is 24.3 Å². The maximum Gasteiger partial charge on any atom is 0.338 e. The Morgan fingerprint density at radius 1 is 0.568 bits per heavy atom. The van der Waals surface area contributed by atoms with Gasteiger partial charge in [-0.2, -0.15) is 0 Å². The third-order valence-corrected chi connectivity index (χ3v) is 6.75. The highest BCUT2D eigenvalue weighted by Crippen LogP contribution is 2.31. The molecule has 1 saturated heterocycles. The van der Waals surface area contributed by atoms with Crippen LogP contribution in [0.1, 0.15) is 41.4 Å². The molecule has 1 aliphatic heterocycles. The number of carbonyl (C=O) groups excluding carboxylic acids is 4. The standard InChI is InChI=1S/C34H28O10/c35-30(22-13-5-1-6-14-22)40-21-26(41-31(36)23-15-7-2-8-16-23)27-28(43-32(37)24-17-9-3-10-18-24)29(34(39)42-27)44-33(38)25-19-11-4-12-20-25/h1-20,26-29,34,39H,21H2/t26-,27+,28+,29-,34?/m1/s1. The van der Waals surface area contributed by atoms with E-state index in [1.807, 2.05) is 0 Å². The van der Waals surface area contributed by atoms with Crippen molar-refractivity contribution < 1.29 is 48.0 Å². The molecule has 0 bridgehead atoms. The number of hydrogen-bond donors (Lipinski definition) is 1. The SMILES string of the molecule is O=C(OC[C@@H](OC(=O)c1ccccc1)[C@@H]1OC(O)[C@H](OC(=O)c2ccccc2)[C@H]1OC(=O)c1ccccc1)c1ccccc1. The van der Waals surface area contributed by atoms with Crippen molar-refractivity contribution in [3.63, 3.8) is 0 Å². The van der Waals surface area contributed by atoms with Crippen molar-refractivity contribution in [3.8, 4) is 0 Å². The molecule has 1 heterocycles. The molecule has 5 atom stereocenters. The highest BCUT2D eigenvalue weighted by atomic mass is 16.7. The number of carbonyl (C=O) groups is 4. The van der Waals surface area contributed by atoms with Crippen LogP contribution in [0.4, 0.5) is 0 Å². The lowest BCUT2D eigenvalue weighted by molar-refractivity contribution is -0.153. The lowest BCUT2D eigenvalue weighted by atomic mass is 10.0. The van der Waals surface area contributed by atoms with E-state index in [1.54, 1.807) is 84.9 Å². The minimum absolute atomic E-state index is 0.175. The second-order valence-corrected chi connectivity index (χ2v) is 9.74. The molecule has 10 nitrogen and oxygen atoms in total. The molecule has 0 aromatic heterocycles. The summed E-state index contributed by atoms with van der Waals surface area (Å²) in [4.78, 5) is 52.1. The number of ether oxygens (including phenoxy) is 5. The molecule has 1 fully saturated rings. The molecule has 4 aromatic carbocycles. The number of esters is 4. The van der Waals surface area contributed by atoms with E-state index in [4.69, 9.17) is 23.7 Å². The molecule has 1 aliphatic rings. The van der Waals surface area contributed by atoms with Crippen LogP contribution in [0, 0.1) is 0 Å². The molecule has 4 aromatic rings. The van der Waals surface area contributed by atoms with Gasteiger partial charge in [0.15, 0.2) is 24.6 Å². The number of hydrogen-bond acceptors (Lipinski definition) is 10. The number of benzene rings is 4.